The first-order valence-corrected chi connectivity index (χ1v) is 6.66. The van der Waals surface area contributed by atoms with E-state index in [2.05, 4.69) is 20.3 Å². The number of esters is 1. The topological polar surface area (TPSA) is 113 Å². The van der Waals surface area contributed by atoms with Crippen LogP contribution in [-0.4, -0.2) is 38.2 Å². The van der Waals surface area contributed by atoms with Crippen LogP contribution in [0, 0.1) is 10.1 Å². The van der Waals surface area contributed by atoms with Crippen molar-refractivity contribution in [2.24, 2.45) is 0 Å². The van der Waals surface area contributed by atoms with E-state index < -0.39 is 10.9 Å². The largest absolute Gasteiger partial charge is 0.468 e. The third kappa shape index (κ3) is 3.47. The van der Waals surface area contributed by atoms with Gasteiger partial charge in [0, 0.05) is 0 Å². The number of halogens is 1. The van der Waals surface area contributed by atoms with Crippen molar-refractivity contribution >= 4 is 35.0 Å². The maximum atomic E-state index is 11.2. The molecule has 0 saturated carbocycles. The lowest BCUT2D eigenvalue weighted by molar-refractivity contribution is -0.387. The number of nitro benzene ring substituents is 1. The molecule has 0 saturated heterocycles. The maximum absolute atomic E-state index is 11.2. The lowest BCUT2D eigenvalue weighted by Gasteiger charge is -2.04. The molecule has 1 aromatic carbocycles. The number of carbonyl (C=O) groups is 1. The molecule has 0 atom stereocenters. The second-order valence-electron chi connectivity index (χ2n) is 3.64. The minimum absolute atomic E-state index is 0.0111. The van der Waals surface area contributed by atoms with Crippen molar-refractivity contribution in [3.05, 3.63) is 33.3 Å². The number of para-hydroxylation sites is 1. The Morgan fingerprint density at radius 3 is 3.00 bits per heavy atom. The molecular formula is C10H8ClN5O4S. The van der Waals surface area contributed by atoms with Crippen molar-refractivity contribution in [3.8, 4) is 0 Å². The fraction of sp³-hybridized carbons (Fsp3) is 0.200. The van der Waals surface area contributed by atoms with Crippen molar-refractivity contribution in [1.82, 2.24) is 20.2 Å². The predicted molar refractivity (Wildman–Crippen MR) is 72.1 cm³/mol. The molecule has 1 heterocycles. The minimum atomic E-state index is -0.584. The van der Waals surface area contributed by atoms with Crippen LogP contribution < -0.4 is 0 Å². The van der Waals surface area contributed by atoms with Crippen molar-refractivity contribution in [3.63, 3.8) is 0 Å². The maximum Gasteiger partial charge on any atom is 0.327 e. The molecule has 0 aliphatic heterocycles. The highest BCUT2D eigenvalue weighted by molar-refractivity contribution is 7.99. The van der Waals surface area contributed by atoms with Gasteiger partial charge in [0.25, 0.3) is 0 Å². The molecule has 0 unspecified atom stereocenters. The van der Waals surface area contributed by atoms with Gasteiger partial charge in [-0.05, 0) is 34.3 Å². The molecule has 0 bridgehead atoms. The fourth-order valence-electron chi connectivity index (χ4n) is 1.41. The number of nitro groups is 1. The predicted octanol–water partition coefficient (Wildman–Crippen LogP) is 1.56. The molecule has 0 N–H and O–H groups in total. The van der Waals surface area contributed by atoms with E-state index in [1.807, 2.05) is 0 Å². The normalized spacial score (nSPS) is 10.4. The highest BCUT2D eigenvalue weighted by Crippen LogP contribution is 2.37. The van der Waals surface area contributed by atoms with Gasteiger partial charge in [-0.3, -0.25) is 14.9 Å². The van der Waals surface area contributed by atoms with E-state index in [1.54, 1.807) is 6.07 Å². The van der Waals surface area contributed by atoms with Gasteiger partial charge in [-0.15, -0.1) is 5.10 Å². The van der Waals surface area contributed by atoms with Gasteiger partial charge in [-0.25, -0.2) is 4.68 Å². The minimum Gasteiger partial charge on any atom is -0.468 e. The average molecular weight is 330 g/mol. The second kappa shape index (κ2) is 6.50. The Hall–Kier alpha value is -2.20. The second-order valence-corrected chi connectivity index (χ2v) is 5.06. The smallest absolute Gasteiger partial charge is 0.327 e. The van der Waals surface area contributed by atoms with E-state index in [0.29, 0.717) is 0 Å². The molecule has 0 amide bonds. The van der Waals surface area contributed by atoms with E-state index >= 15 is 0 Å². The molecule has 1 aromatic heterocycles. The number of tetrazole rings is 1. The molecule has 0 fully saturated rings. The zero-order chi connectivity index (χ0) is 15.4. The third-order valence-corrected chi connectivity index (χ3v) is 3.67. The Morgan fingerprint density at radius 2 is 2.33 bits per heavy atom. The highest BCUT2D eigenvalue weighted by Gasteiger charge is 2.22. The molecule has 0 spiro atoms. The molecule has 0 aliphatic carbocycles. The summed E-state index contributed by atoms with van der Waals surface area (Å²) in [4.78, 5) is 22.0. The number of hydrogen-bond acceptors (Lipinski definition) is 8. The number of benzene rings is 1. The van der Waals surface area contributed by atoms with Gasteiger partial charge in [0.1, 0.15) is 11.6 Å². The highest BCUT2D eigenvalue weighted by atomic mass is 35.5. The molecule has 0 aliphatic rings. The van der Waals surface area contributed by atoms with Gasteiger partial charge in [-0.1, -0.05) is 17.7 Å². The SMILES string of the molecule is COC(=O)Cn1nnnc1Sc1cccc(Cl)c1[N+](=O)[O-]. The lowest BCUT2D eigenvalue weighted by Crippen LogP contribution is -2.13. The first kappa shape index (κ1) is 15.2. The van der Waals surface area contributed by atoms with Crippen LogP contribution in [0.1, 0.15) is 0 Å². The zero-order valence-corrected chi connectivity index (χ0v) is 12.2. The summed E-state index contributed by atoms with van der Waals surface area (Å²) < 4.78 is 5.70. The number of aromatic nitrogens is 4. The molecular weight excluding hydrogens is 322 g/mol. The van der Waals surface area contributed by atoms with Crippen molar-refractivity contribution < 1.29 is 14.5 Å². The van der Waals surface area contributed by atoms with E-state index in [0.717, 1.165) is 11.8 Å². The standard InChI is InChI=1S/C10H8ClN5O4S/c1-20-8(17)5-15-10(12-13-14-15)21-7-4-2-3-6(11)9(7)16(18)19/h2-4H,5H2,1H3. The first-order valence-electron chi connectivity index (χ1n) is 5.46. The summed E-state index contributed by atoms with van der Waals surface area (Å²) in [5.41, 5.74) is -0.239. The van der Waals surface area contributed by atoms with Gasteiger partial charge in [0.2, 0.25) is 5.16 Å². The number of hydrogen-bond donors (Lipinski definition) is 0. The van der Waals surface area contributed by atoms with Crippen LogP contribution in [-0.2, 0) is 16.1 Å². The summed E-state index contributed by atoms with van der Waals surface area (Å²) in [6.07, 6.45) is 0. The van der Waals surface area contributed by atoms with E-state index in [1.165, 1.54) is 23.9 Å². The number of rotatable bonds is 5. The van der Waals surface area contributed by atoms with Gasteiger partial charge in [0.05, 0.1) is 16.9 Å². The van der Waals surface area contributed by atoms with Crippen LogP contribution in [0.3, 0.4) is 0 Å². The van der Waals surface area contributed by atoms with E-state index in [4.69, 9.17) is 11.6 Å². The van der Waals surface area contributed by atoms with Crippen LogP contribution >= 0.6 is 23.4 Å². The Morgan fingerprint density at radius 1 is 1.57 bits per heavy atom. The number of nitrogens with zero attached hydrogens (tertiary/aromatic N) is 5. The fourth-order valence-corrected chi connectivity index (χ4v) is 2.62. The third-order valence-electron chi connectivity index (χ3n) is 2.34. The van der Waals surface area contributed by atoms with Gasteiger partial charge >= 0.3 is 11.7 Å². The van der Waals surface area contributed by atoms with Gasteiger partial charge in [-0.2, -0.15) is 0 Å². The average Bonchev–Trinajstić information content (AvgIpc) is 2.85. The molecule has 21 heavy (non-hydrogen) atoms. The summed E-state index contributed by atoms with van der Waals surface area (Å²) in [5, 5.41) is 22.1. The summed E-state index contributed by atoms with van der Waals surface area (Å²) in [5.74, 6) is -0.537. The summed E-state index contributed by atoms with van der Waals surface area (Å²) >= 11 is 6.76. The number of carbonyl (C=O) groups excluding carboxylic acids is 1. The molecule has 9 nitrogen and oxygen atoms in total. The quantitative estimate of drug-likeness (QED) is 0.461. The molecule has 0 radical (unpaired) electrons. The van der Waals surface area contributed by atoms with Crippen LogP contribution in [0.2, 0.25) is 5.02 Å². The van der Waals surface area contributed by atoms with E-state index in [-0.39, 0.29) is 27.3 Å². The number of ether oxygens (including phenoxy) is 1. The summed E-state index contributed by atoms with van der Waals surface area (Å²) in [6, 6.07) is 4.51. The van der Waals surface area contributed by atoms with Crippen molar-refractivity contribution in [1.29, 1.82) is 0 Å². The van der Waals surface area contributed by atoms with Gasteiger partial charge < -0.3 is 4.74 Å². The van der Waals surface area contributed by atoms with Crippen molar-refractivity contribution in [2.75, 3.05) is 7.11 Å². The zero-order valence-electron chi connectivity index (χ0n) is 10.6. The van der Waals surface area contributed by atoms with Crippen molar-refractivity contribution in [2.45, 2.75) is 16.6 Å². The summed E-state index contributed by atoms with van der Waals surface area (Å²) in [7, 11) is 1.24. The van der Waals surface area contributed by atoms with Crippen LogP contribution in [0.4, 0.5) is 5.69 Å². The van der Waals surface area contributed by atoms with Crippen LogP contribution in [0.15, 0.2) is 28.3 Å². The lowest BCUT2D eigenvalue weighted by atomic mass is 10.3. The molecule has 2 rings (SSSR count). The monoisotopic (exact) mass is 329 g/mol. The Balaban J connectivity index is 2.31. The molecule has 110 valence electrons. The van der Waals surface area contributed by atoms with Crippen LogP contribution in [0.25, 0.3) is 0 Å². The Kier molecular flexibility index (Phi) is 4.70. The Labute approximate surface area is 127 Å². The van der Waals surface area contributed by atoms with Crippen LogP contribution in [0.5, 0.6) is 0 Å². The first-order chi connectivity index (χ1) is 10.0. The Bertz CT molecular complexity index is 692. The number of methoxy groups -OCH3 is 1. The van der Waals surface area contributed by atoms with E-state index in [9.17, 15) is 14.9 Å². The molecule has 2 aromatic rings. The van der Waals surface area contributed by atoms with Gasteiger partial charge in [0.15, 0.2) is 0 Å². The molecule has 11 heteroatoms. The summed E-state index contributed by atoms with van der Waals surface area (Å²) in [6.45, 7) is -0.194.